The molecule has 4 amide bonds. The van der Waals surface area contributed by atoms with E-state index in [9.17, 15) is 24.0 Å². The fourth-order valence-electron chi connectivity index (χ4n) is 3.38. The minimum Gasteiger partial charge on any atom is -0.480 e. The molecule has 2 aromatic rings. The molecule has 1 aromatic carbocycles. The van der Waals surface area contributed by atoms with Crippen LogP contribution in [0.15, 0.2) is 30.5 Å². The zero-order valence-corrected chi connectivity index (χ0v) is 19.0. The van der Waals surface area contributed by atoms with Crippen LogP contribution in [0.25, 0.3) is 10.9 Å². The van der Waals surface area contributed by atoms with E-state index in [1.807, 2.05) is 24.3 Å². The number of carbonyl (C=O) groups excluding carboxylic acids is 4. The van der Waals surface area contributed by atoms with Crippen molar-refractivity contribution in [2.75, 3.05) is 6.54 Å². The fraction of sp³-hybridized carbons (Fsp3) is 0.409. The van der Waals surface area contributed by atoms with E-state index in [1.54, 1.807) is 20.0 Å². The van der Waals surface area contributed by atoms with Gasteiger partial charge >= 0.3 is 5.97 Å². The first-order valence-electron chi connectivity index (χ1n) is 10.7. The summed E-state index contributed by atoms with van der Waals surface area (Å²) in [6.07, 6.45) is 1.39. The monoisotopic (exact) mass is 474 g/mol. The van der Waals surface area contributed by atoms with Gasteiger partial charge in [-0.3, -0.25) is 24.0 Å². The van der Waals surface area contributed by atoms with Crippen molar-refractivity contribution >= 4 is 40.5 Å². The first kappa shape index (κ1) is 26.3. The second-order valence-electron chi connectivity index (χ2n) is 8.24. The van der Waals surface area contributed by atoms with Gasteiger partial charge in [-0.25, -0.2) is 0 Å². The molecule has 1 heterocycles. The number of H-pyrrole nitrogens is 1. The molecule has 0 fully saturated rings. The third-order valence-electron chi connectivity index (χ3n) is 5.15. The quantitative estimate of drug-likeness (QED) is 0.198. The first-order chi connectivity index (χ1) is 16.0. The van der Waals surface area contributed by atoms with Gasteiger partial charge in [0.05, 0.1) is 12.5 Å². The molecule has 0 spiro atoms. The van der Waals surface area contributed by atoms with Crippen LogP contribution in [0, 0.1) is 5.92 Å². The van der Waals surface area contributed by atoms with Gasteiger partial charge in [-0.2, -0.15) is 0 Å². The molecular weight excluding hydrogens is 444 g/mol. The van der Waals surface area contributed by atoms with Crippen molar-refractivity contribution in [2.45, 2.75) is 44.8 Å². The number of aromatic amines is 1. The van der Waals surface area contributed by atoms with E-state index >= 15 is 0 Å². The number of carbonyl (C=O) groups is 5. The van der Waals surface area contributed by atoms with Crippen LogP contribution >= 0.6 is 0 Å². The zero-order chi connectivity index (χ0) is 25.4. The predicted octanol–water partition coefficient (Wildman–Crippen LogP) is -1.26. The van der Waals surface area contributed by atoms with Crippen molar-refractivity contribution in [2.24, 2.45) is 17.4 Å². The third-order valence-corrected chi connectivity index (χ3v) is 5.15. The number of hydrogen-bond acceptors (Lipinski definition) is 6. The van der Waals surface area contributed by atoms with Gasteiger partial charge in [-0.15, -0.1) is 0 Å². The summed E-state index contributed by atoms with van der Waals surface area (Å²) in [7, 11) is 0. The van der Waals surface area contributed by atoms with E-state index in [1.165, 1.54) is 0 Å². The number of amides is 4. The van der Waals surface area contributed by atoms with Crippen LogP contribution in [-0.2, 0) is 30.4 Å². The minimum atomic E-state index is -1.23. The van der Waals surface area contributed by atoms with Crippen molar-refractivity contribution in [3.63, 3.8) is 0 Å². The molecule has 34 heavy (non-hydrogen) atoms. The molecule has 0 saturated carbocycles. The largest absolute Gasteiger partial charge is 0.480 e. The summed E-state index contributed by atoms with van der Waals surface area (Å²) in [4.78, 5) is 63.1. The van der Waals surface area contributed by atoms with Crippen LogP contribution < -0.4 is 27.4 Å². The number of rotatable bonds is 12. The maximum atomic E-state index is 13.0. The Morgan fingerprint density at radius 3 is 2.32 bits per heavy atom. The lowest BCUT2D eigenvalue weighted by atomic mass is 10.00. The highest BCUT2D eigenvalue weighted by Crippen LogP contribution is 2.19. The SMILES string of the molecule is CC(C)C(NC(=O)C(N)CC(N)=O)C(=O)NC(Cc1c[nH]c2ccccc12)C(=O)NCC(=O)O. The van der Waals surface area contributed by atoms with Gasteiger partial charge in [-0.05, 0) is 17.5 Å². The Bertz CT molecular complexity index is 1070. The fourth-order valence-corrected chi connectivity index (χ4v) is 3.38. The number of primary amides is 1. The normalized spacial score (nSPS) is 13.6. The summed E-state index contributed by atoms with van der Waals surface area (Å²) in [6.45, 7) is 2.75. The highest BCUT2D eigenvalue weighted by Gasteiger charge is 2.31. The Hall–Kier alpha value is -3.93. The van der Waals surface area contributed by atoms with Gasteiger partial charge in [0.25, 0.3) is 0 Å². The molecule has 0 bridgehead atoms. The standard InChI is InChI=1S/C22H30N6O6/c1-11(2)19(28-20(32)14(23)8-17(24)29)22(34)27-16(21(33)26-10-18(30)31)7-12-9-25-15-6-4-3-5-13(12)15/h3-6,9,11,14,16,19,25H,7-8,10,23H2,1-2H3,(H2,24,29)(H,26,33)(H,27,34)(H,28,32)(H,30,31). The van der Waals surface area contributed by atoms with Gasteiger partial charge in [-0.1, -0.05) is 32.0 Å². The van der Waals surface area contributed by atoms with E-state index in [-0.39, 0.29) is 18.8 Å². The lowest BCUT2D eigenvalue weighted by molar-refractivity contribution is -0.138. The van der Waals surface area contributed by atoms with Crippen LogP contribution in [0.2, 0.25) is 0 Å². The third kappa shape index (κ3) is 7.30. The lowest BCUT2D eigenvalue weighted by Gasteiger charge is -2.26. The number of aromatic nitrogens is 1. The minimum absolute atomic E-state index is 0.0706. The second-order valence-corrected chi connectivity index (χ2v) is 8.24. The van der Waals surface area contributed by atoms with Gasteiger partial charge in [0.1, 0.15) is 18.6 Å². The summed E-state index contributed by atoms with van der Waals surface area (Å²) in [5, 5.41) is 17.1. The van der Waals surface area contributed by atoms with E-state index in [0.29, 0.717) is 0 Å². The molecule has 184 valence electrons. The molecule has 2 rings (SSSR count). The number of benzene rings is 1. The number of para-hydroxylation sites is 1. The Balaban J connectivity index is 2.22. The molecule has 12 nitrogen and oxygen atoms in total. The van der Waals surface area contributed by atoms with Gasteiger partial charge < -0.3 is 37.5 Å². The Morgan fingerprint density at radius 2 is 1.71 bits per heavy atom. The lowest BCUT2D eigenvalue weighted by Crippen LogP contribution is -2.58. The molecule has 12 heteroatoms. The highest BCUT2D eigenvalue weighted by molar-refractivity contribution is 5.95. The summed E-state index contributed by atoms with van der Waals surface area (Å²) >= 11 is 0. The van der Waals surface area contributed by atoms with E-state index < -0.39 is 54.3 Å². The highest BCUT2D eigenvalue weighted by atomic mass is 16.4. The first-order valence-corrected chi connectivity index (χ1v) is 10.7. The van der Waals surface area contributed by atoms with E-state index in [0.717, 1.165) is 16.5 Å². The summed E-state index contributed by atoms with van der Waals surface area (Å²) in [5.41, 5.74) is 12.3. The smallest absolute Gasteiger partial charge is 0.322 e. The molecule has 0 aliphatic heterocycles. The van der Waals surface area contributed by atoms with Gasteiger partial charge in [0.2, 0.25) is 23.6 Å². The Labute approximate surface area is 195 Å². The molecule has 3 unspecified atom stereocenters. The number of fused-ring (bicyclic) bond motifs is 1. The molecule has 0 radical (unpaired) electrons. The average molecular weight is 475 g/mol. The number of nitrogens with two attached hydrogens (primary N) is 2. The van der Waals surface area contributed by atoms with Crippen LogP contribution in [-0.4, -0.2) is 64.4 Å². The average Bonchev–Trinajstić information content (AvgIpc) is 3.17. The maximum Gasteiger partial charge on any atom is 0.322 e. The topological polar surface area (TPSA) is 209 Å². The van der Waals surface area contributed by atoms with Crippen molar-refractivity contribution < 1.29 is 29.1 Å². The van der Waals surface area contributed by atoms with E-state index in [2.05, 4.69) is 20.9 Å². The van der Waals surface area contributed by atoms with Crippen molar-refractivity contribution in [3.8, 4) is 0 Å². The van der Waals surface area contributed by atoms with Crippen LogP contribution in [0.1, 0.15) is 25.8 Å². The maximum absolute atomic E-state index is 13.0. The van der Waals surface area contributed by atoms with Crippen LogP contribution in [0.4, 0.5) is 0 Å². The predicted molar refractivity (Wildman–Crippen MR) is 123 cm³/mol. The molecule has 1 aromatic heterocycles. The number of carboxylic acid groups (broad SMARTS) is 1. The van der Waals surface area contributed by atoms with Crippen LogP contribution in [0.3, 0.4) is 0 Å². The number of nitrogens with one attached hydrogen (secondary N) is 4. The van der Waals surface area contributed by atoms with Crippen molar-refractivity contribution in [3.05, 3.63) is 36.0 Å². The van der Waals surface area contributed by atoms with Gasteiger partial charge in [0.15, 0.2) is 0 Å². The molecule has 0 aliphatic carbocycles. The second kappa shape index (κ2) is 11.8. The van der Waals surface area contributed by atoms with E-state index in [4.69, 9.17) is 16.6 Å². The Kier molecular flexibility index (Phi) is 9.13. The van der Waals surface area contributed by atoms with Crippen LogP contribution in [0.5, 0.6) is 0 Å². The number of aliphatic carboxylic acids is 1. The molecule has 9 N–H and O–H groups in total. The van der Waals surface area contributed by atoms with Crippen molar-refractivity contribution in [1.82, 2.24) is 20.9 Å². The van der Waals surface area contributed by atoms with Gasteiger partial charge in [0, 0.05) is 23.5 Å². The number of hydrogen-bond donors (Lipinski definition) is 7. The Morgan fingerprint density at radius 1 is 1.03 bits per heavy atom. The summed E-state index contributed by atoms with van der Waals surface area (Å²) < 4.78 is 0. The number of carboxylic acids is 1. The zero-order valence-electron chi connectivity index (χ0n) is 19.0. The summed E-state index contributed by atoms with van der Waals surface area (Å²) in [5.74, 6) is -4.48. The van der Waals surface area contributed by atoms with Crippen molar-refractivity contribution in [1.29, 1.82) is 0 Å². The molecule has 0 saturated heterocycles. The molecule has 0 aliphatic rings. The molecular formula is C22H30N6O6. The summed E-state index contributed by atoms with van der Waals surface area (Å²) in [6, 6.07) is 3.97. The molecule has 3 atom stereocenters.